The molecule has 174 valence electrons. The number of nitrogens with zero attached hydrogens (tertiary/aromatic N) is 1. The second-order valence-corrected chi connectivity index (χ2v) is 11.2. The molecular weight excluding hydrogens is 618 g/mol. The molecule has 3 amide bonds. The van der Waals surface area contributed by atoms with Crippen molar-refractivity contribution in [2.75, 3.05) is 13.2 Å². The Morgan fingerprint density at radius 1 is 1.06 bits per heavy atom. The molecule has 2 heterocycles. The topological polar surface area (TPSA) is 267 Å². The quantitative estimate of drug-likeness (QED) is 0.110. The zero-order valence-corrected chi connectivity index (χ0v) is 27.5. The van der Waals surface area contributed by atoms with E-state index in [2.05, 4.69) is 29.1 Å². The predicted octanol–water partition coefficient (Wildman–Crippen LogP) is -12.8. The fourth-order valence-corrected chi connectivity index (χ4v) is 5.71. The number of phosphoric acid groups is 3. The number of halogens is 1. The van der Waals surface area contributed by atoms with Gasteiger partial charge in [-0.2, -0.15) is 0 Å². The molecule has 0 aromatic rings. The summed E-state index contributed by atoms with van der Waals surface area (Å²) < 4.78 is 48.8. The van der Waals surface area contributed by atoms with Crippen LogP contribution < -0.4 is 109 Å². The van der Waals surface area contributed by atoms with Crippen molar-refractivity contribution >= 4 is 51.3 Å². The molecule has 2 saturated heterocycles. The average molecular weight is 631 g/mol. The van der Waals surface area contributed by atoms with Gasteiger partial charge < -0.3 is 39.0 Å². The molecule has 33 heavy (non-hydrogen) atoms. The van der Waals surface area contributed by atoms with Gasteiger partial charge in [-0.15, -0.1) is 0 Å². The van der Waals surface area contributed by atoms with Crippen molar-refractivity contribution in [1.82, 2.24) is 10.2 Å². The van der Waals surface area contributed by atoms with Crippen molar-refractivity contribution < 1.29 is 160 Å². The maximum atomic E-state index is 11.9. The molecule has 4 unspecified atom stereocenters. The predicted molar refractivity (Wildman–Crippen MR) is 86.8 cm³/mol. The molecule has 4 N–H and O–H groups in total. The number of phosphoric ester groups is 1. The van der Waals surface area contributed by atoms with E-state index < -0.39 is 71.4 Å². The first kappa shape index (κ1) is 37.9. The summed E-state index contributed by atoms with van der Waals surface area (Å²) in [6, 6.07) is -0.971. The smallest absolute Gasteiger partial charge is 0.756 e. The summed E-state index contributed by atoms with van der Waals surface area (Å²) in [7, 11) is -17.8. The van der Waals surface area contributed by atoms with Crippen molar-refractivity contribution in [2.45, 2.75) is 29.4 Å². The van der Waals surface area contributed by atoms with Crippen LogP contribution in [0.4, 0.5) is 4.79 Å². The van der Waals surface area contributed by atoms with E-state index in [4.69, 9.17) is 9.63 Å². The molecule has 17 nitrogen and oxygen atoms in total. The molecule has 0 bridgehead atoms. The van der Waals surface area contributed by atoms with Gasteiger partial charge in [0.2, 0.25) is 5.91 Å². The second-order valence-electron chi connectivity index (χ2n) is 5.78. The number of ether oxygens (including phenoxy) is 1. The van der Waals surface area contributed by atoms with Gasteiger partial charge in [0.1, 0.15) is 23.1 Å². The second kappa shape index (κ2) is 14.8. The van der Waals surface area contributed by atoms with E-state index in [9.17, 15) is 48.2 Å². The van der Waals surface area contributed by atoms with Crippen LogP contribution in [0.15, 0.2) is 0 Å². The molecule has 0 saturated carbocycles. The van der Waals surface area contributed by atoms with Gasteiger partial charge in [-0.25, -0.2) is 13.4 Å². The van der Waals surface area contributed by atoms with Crippen LogP contribution in [0.5, 0.6) is 0 Å². The fourth-order valence-electron chi connectivity index (χ4n) is 2.39. The van der Waals surface area contributed by atoms with Crippen molar-refractivity contribution in [3.8, 4) is 0 Å². The van der Waals surface area contributed by atoms with E-state index in [1.165, 1.54) is 0 Å². The molecule has 2 rings (SSSR count). The Morgan fingerprint density at radius 3 is 2.12 bits per heavy atom. The summed E-state index contributed by atoms with van der Waals surface area (Å²) >= 11 is 2.97. The van der Waals surface area contributed by atoms with E-state index in [0.717, 1.165) is 4.90 Å². The number of carbonyl (C=O) groups is 2. The van der Waals surface area contributed by atoms with E-state index in [1.54, 1.807) is 0 Å². The number of nitrogens with one attached hydrogen (secondary N) is 1. The molecule has 2 fully saturated rings. The largest absolute Gasteiger partial charge is 1.00 e. The maximum Gasteiger partial charge on any atom is 1.00 e. The first-order valence-corrected chi connectivity index (χ1v) is 12.8. The van der Waals surface area contributed by atoms with Gasteiger partial charge >= 0.3 is 94.7 Å². The molecule has 0 aliphatic carbocycles. The van der Waals surface area contributed by atoms with Gasteiger partial charge in [-0.3, -0.25) is 28.7 Å². The summed E-state index contributed by atoms with van der Waals surface area (Å²) in [6.07, 6.45) is -6.78. The van der Waals surface area contributed by atoms with Crippen molar-refractivity contribution in [1.29, 1.82) is 0 Å². The van der Waals surface area contributed by atoms with E-state index in [-0.39, 0.29) is 95.2 Å². The molecule has 0 spiro atoms. The summed E-state index contributed by atoms with van der Waals surface area (Å²) in [4.78, 5) is 64.6. The van der Waals surface area contributed by atoms with Crippen LogP contribution in [0.3, 0.4) is 0 Å². The minimum absolute atomic E-state index is 0. The van der Waals surface area contributed by atoms with Crippen molar-refractivity contribution in [3.63, 3.8) is 0 Å². The number of urea groups is 1. The summed E-state index contributed by atoms with van der Waals surface area (Å²) in [5.74, 6) is -0.664. The minimum Gasteiger partial charge on any atom is -0.756 e. The third-order valence-electron chi connectivity index (χ3n) is 3.58. The number of alkyl halides is 1. The van der Waals surface area contributed by atoms with Crippen LogP contribution in [0.2, 0.25) is 0 Å². The van der Waals surface area contributed by atoms with Crippen LogP contribution in [0, 0.1) is 0 Å². The molecule has 24 heteroatoms. The Bertz CT molecular complexity index is 849. The Hall–Kier alpha value is 2.71. The summed E-state index contributed by atoms with van der Waals surface area (Å²) in [5, 5.41) is 22.0. The summed E-state index contributed by atoms with van der Waals surface area (Å²) in [6.45, 7) is -1.42. The van der Waals surface area contributed by atoms with Gasteiger partial charge in [-0.1, -0.05) is 15.9 Å². The molecular formula is C9H13BrN2Na3O15P3. The van der Waals surface area contributed by atoms with Gasteiger partial charge in [0.15, 0.2) is 6.23 Å². The average Bonchev–Trinajstić information content (AvgIpc) is 2.81. The van der Waals surface area contributed by atoms with Crippen LogP contribution >= 0.6 is 39.4 Å². The van der Waals surface area contributed by atoms with Gasteiger partial charge in [-0.05, 0) is 0 Å². The Kier molecular flexibility index (Phi) is 16.9. The number of aliphatic hydroxyl groups excluding tert-OH is 2. The zero-order chi connectivity index (χ0) is 23.1. The number of hydrogen-bond donors (Lipinski definition) is 4. The Labute approximate surface area is 260 Å². The van der Waals surface area contributed by atoms with E-state index >= 15 is 0 Å². The number of rotatable bonds is 8. The van der Waals surface area contributed by atoms with Gasteiger partial charge in [0.05, 0.1) is 6.61 Å². The first-order valence-electron chi connectivity index (χ1n) is 7.51. The summed E-state index contributed by atoms with van der Waals surface area (Å²) in [5.41, 5.74) is 0. The number of carbonyl (C=O) groups excluding carboxylic acids is 2. The van der Waals surface area contributed by atoms with Gasteiger partial charge in [0, 0.05) is 6.54 Å². The SMILES string of the molecule is O=C1NC(=O)N([C@@H]2O[C@H](COP(=O)([O-])OP(=O)([O-])OP(=O)([O-])O)[C@@H](O)[C@H]2O)CC1Br.[Na+].[Na+].[Na+]. The molecule has 2 aliphatic heterocycles. The fraction of sp³-hybridized carbons (Fsp3) is 0.778. The number of aliphatic hydroxyl groups is 2. The Balaban J connectivity index is 0. The zero-order valence-electron chi connectivity index (χ0n) is 17.2. The van der Waals surface area contributed by atoms with Crippen LogP contribution in [0.25, 0.3) is 0 Å². The first-order chi connectivity index (χ1) is 13.5. The van der Waals surface area contributed by atoms with Crippen molar-refractivity contribution in [2.24, 2.45) is 0 Å². The monoisotopic (exact) mass is 630 g/mol. The van der Waals surface area contributed by atoms with Crippen LogP contribution in [-0.4, -0.2) is 74.5 Å². The van der Waals surface area contributed by atoms with Crippen molar-refractivity contribution in [3.05, 3.63) is 0 Å². The number of imide groups is 1. The Morgan fingerprint density at radius 2 is 1.61 bits per heavy atom. The molecule has 0 aromatic heterocycles. The minimum atomic E-state index is -6.11. The number of amides is 3. The molecule has 0 aromatic carbocycles. The molecule has 2 aliphatic rings. The van der Waals surface area contributed by atoms with E-state index in [1.807, 2.05) is 5.32 Å². The normalized spacial score (nSPS) is 32.7. The third kappa shape index (κ3) is 11.5. The van der Waals surface area contributed by atoms with Gasteiger partial charge in [0.25, 0.3) is 23.5 Å². The standard InChI is InChI=1S/C9H16BrN2O15P3.3Na/c10-3-1-12(9(16)11-7(3)15)8-6(14)5(13)4(25-8)2-24-29(20,21)27-30(22,23)26-28(17,18)19;;;/h3-6,8,13-14H,1-2H2,(H,20,21)(H,22,23)(H,11,15,16)(H2,17,18,19);;;/q;3*+1/p-3/t3?,4-,5-,6-,8-;;;/m1.../s1. The van der Waals surface area contributed by atoms with Crippen LogP contribution in [-0.2, 0) is 36.4 Å². The van der Waals surface area contributed by atoms with E-state index in [0.29, 0.717) is 0 Å². The molecule has 8 atom stereocenters. The van der Waals surface area contributed by atoms with Crippen LogP contribution in [0.1, 0.15) is 0 Å². The maximum absolute atomic E-state index is 11.9. The molecule has 0 radical (unpaired) electrons. The third-order valence-corrected chi connectivity index (χ3v) is 7.97. The number of hydrogen-bond acceptors (Lipinski definition) is 14.